The largest absolute Gasteiger partial charge is 0.265 e. The van der Waals surface area contributed by atoms with Crippen LogP contribution in [-0.4, -0.2) is 28.7 Å². The summed E-state index contributed by atoms with van der Waals surface area (Å²) in [6, 6.07) is 5.90. The SMILES string of the molecule is O=S(=O)(c1ncccc1F)N(Cc1ccncc1)C1CC1. The lowest BCUT2D eigenvalue weighted by Gasteiger charge is -2.21. The van der Waals surface area contributed by atoms with Gasteiger partial charge in [0, 0.05) is 31.2 Å². The van der Waals surface area contributed by atoms with Crippen molar-refractivity contribution >= 4 is 10.0 Å². The minimum atomic E-state index is -3.94. The molecule has 0 atom stereocenters. The van der Waals surface area contributed by atoms with Crippen molar-refractivity contribution in [2.45, 2.75) is 30.5 Å². The van der Waals surface area contributed by atoms with Gasteiger partial charge in [0.2, 0.25) is 5.03 Å². The quantitative estimate of drug-likeness (QED) is 0.847. The van der Waals surface area contributed by atoms with Crippen LogP contribution in [0.1, 0.15) is 18.4 Å². The molecule has 0 saturated heterocycles. The van der Waals surface area contributed by atoms with E-state index in [9.17, 15) is 12.8 Å². The van der Waals surface area contributed by atoms with E-state index in [0.717, 1.165) is 24.5 Å². The van der Waals surface area contributed by atoms with Gasteiger partial charge >= 0.3 is 0 Å². The molecule has 0 aliphatic heterocycles. The Morgan fingerprint density at radius 2 is 1.90 bits per heavy atom. The lowest BCUT2D eigenvalue weighted by atomic mass is 10.3. The van der Waals surface area contributed by atoms with E-state index < -0.39 is 20.9 Å². The van der Waals surface area contributed by atoms with Crippen LogP contribution in [0.25, 0.3) is 0 Å². The van der Waals surface area contributed by atoms with Crippen LogP contribution in [0.4, 0.5) is 4.39 Å². The zero-order valence-electron chi connectivity index (χ0n) is 11.2. The van der Waals surface area contributed by atoms with Crippen LogP contribution >= 0.6 is 0 Å². The third kappa shape index (κ3) is 2.93. The van der Waals surface area contributed by atoms with Crippen LogP contribution in [0.3, 0.4) is 0 Å². The van der Waals surface area contributed by atoms with Gasteiger partial charge in [0.1, 0.15) is 0 Å². The van der Waals surface area contributed by atoms with E-state index in [1.807, 2.05) is 0 Å². The number of pyridine rings is 2. The lowest BCUT2D eigenvalue weighted by molar-refractivity contribution is 0.392. The Morgan fingerprint density at radius 1 is 1.19 bits per heavy atom. The highest BCUT2D eigenvalue weighted by Crippen LogP contribution is 2.33. The molecule has 0 unspecified atom stereocenters. The second-order valence-corrected chi connectivity index (χ2v) is 6.73. The van der Waals surface area contributed by atoms with Gasteiger partial charge in [-0.1, -0.05) is 0 Å². The van der Waals surface area contributed by atoms with E-state index >= 15 is 0 Å². The maximum atomic E-state index is 13.8. The fourth-order valence-corrected chi connectivity index (χ4v) is 3.77. The average Bonchev–Trinajstić information content (AvgIpc) is 3.30. The predicted molar refractivity (Wildman–Crippen MR) is 74.2 cm³/mol. The monoisotopic (exact) mass is 307 g/mol. The Kier molecular flexibility index (Phi) is 3.69. The maximum Gasteiger partial charge on any atom is 0.264 e. The minimum Gasteiger partial charge on any atom is -0.265 e. The van der Waals surface area contributed by atoms with Crippen molar-refractivity contribution in [1.82, 2.24) is 14.3 Å². The van der Waals surface area contributed by atoms with Crippen molar-refractivity contribution in [3.63, 3.8) is 0 Å². The zero-order valence-corrected chi connectivity index (χ0v) is 12.0. The van der Waals surface area contributed by atoms with Crippen LogP contribution in [0.2, 0.25) is 0 Å². The first-order valence-electron chi connectivity index (χ1n) is 6.60. The average molecular weight is 307 g/mol. The molecule has 5 nitrogen and oxygen atoms in total. The molecule has 2 heterocycles. The van der Waals surface area contributed by atoms with E-state index in [0.29, 0.717) is 0 Å². The summed E-state index contributed by atoms with van der Waals surface area (Å²) in [4.78, 5) is 7.61. The minimum absolute atomic E-state index is 0.0791. The highest BCUT2D eigenvalue weighted by molar-refractivity contribution is 7.89. The van der Waals surface area contributed by atoms with Gasteiger partial charge in [0.05, 0.1) is 0 Å². The van der Waals surface area contributed by atoms with Gasteiger partial charge < -0.3 is 0 Å². The number of nitrogens with zero attached hydrogens (tertiary/aromatic N) is 3. The summed E-state index contributed by atoms with van der Waals surface area (Å²) in [6.07, 6.45) is 6.08. The van der Waals surface area contributed by atoms with Crippen molar-refractivity contribution in [2.24, 2.45) is 0 Å². The number of hydrogen-bond donors (Lipinski definition) is 0. The maximum absolute atomic E-state index is 13.8. The van der Waals surface area contributed by atoms with Crippen molar-refractivity contribution in [1.29, 1.82) is 0 Å². The van der Waals surface area contributed by atoms with Crippen LogP contribution in [0, 0.1) is 5.82 Å². The standard InChI is InChI=1S/C14H14FN3O2S/c15-13-2-1-7-17-14(13)21(19,20)18(12-3-4-12)10-11-5-8-16-9-6-11/h1-2,5-9,12H,3-4,10H2. The number of aromatic nitrogens is 2. The molecule has 1 aliphatic carbocycles. The molecule has 0 radical (unpaired) electrons. The second kappa shape index (κ2) is 5.50. The fourth-order valence-electron chi connectivity index (χ4n) is 2.11. The Labute approximate surface area is 122 Å². The fraction of sp³-hybridized carbons (Fsp3) is 0.286. The first kappa shape index (κ1) is 14.1. The molecule has 21 heavy (non-hydrogen) atoms. The molecule has 0 spiro atoms. The number of rotatable bonds is 5. The summed E-state index contributed by atoms with van der Waals surface area (Å²) in [5.74, 6) is -0.821. The van der Waals surface area contributed by atoms with Gasteiger partial charge in [-0.25, -0.2) is 17.8 Å². The smallest absolute Gasteiger partial charge is 0.264 e. The van der Waals surface area contributed by atoms with Crippen LogP contribution in [0.15, 0.2) is 47.9 Å². The number of sulfonamides is 1. The van der Waals surface area contributed by atoms with E-state index in [2.05, 4.69) is 9.97 Å². The number of halogens is 1. The molecular weight excluding hydrogens is 293 g/mol. The van der Waals surface area contributed by atoms with Gasteiger partial charge in [-0.2, -0.15) is 4.31 Å². The van der Waals surface area contributed by atoms with Crippen LogP contribution in [0.5, 0.6) is 0 Å². The Hall–Kier alpha value is -1.86. The summed E-state index contributed by atoms with van der Waals surface area (Å²) in [7, 11) is -3.94. The number of hydrogen-bond acceptors (Lipinski definition) is 4. The van der Waals surface area contributed by atoms with Crippen LogP contribution < -0.4 is 0 Å². The summed E-state index contributed by atoms with van der Waals surface area (Å²) >= 11 is 0. The first-order chi connectivity index (χ1) is 10.1. The van der Waals surface area contributed by atoms with E-state index in [-0.39, 0.29) is 12.6 Å². The summed E-state index contributed by atoms with van der Waals surface area (Å²) in [5.41, 5.74) is 0.816. The molecule has 1 aliphatic rings. The van der Waals surface area contributed by atoms with Gasteiger partial charge in [-0.3, -0.25) is 4.98 Å². The van der Waals surface area contributed by atoms with Crippen molar-refractivity contribution in [2.75, 3.05) is 0 Å². The molecule has 0 amide bonds. The summed E-state index contributed by atoms with van der Waals surface area (Å²) in [5, 5.41) is -0.508. The van der Waals surface area contributed by atoms with Gasteiger partial charge in [0.25, 0.3) is 10.0 Å². The molecule has 0 aromatic carbocycles. The van der Waals surface area contributed by atoms with Crippen LogP contribution in [-0.2, 0) is 16.6 Å². The van der Waals surface area contributed by atoms with E-state index in [4.69, 9.17) is 0 Å². The lowest BCUT2D eigenvalue weighted by Crippen LogP contribution is -2.33. The topological polar surface area (TPSA) is 63.2 Å². The molecule has 3 rings (SSSR count). The van der Waals surface area contributed by atoms with E-state index in [1.54, 1.807) is 24.5 Å². The van der Waals surface area contributed by atoms with Gasteiger partial charge in [-0.15, -0.1) is 0 Å². The van der Waals surface area contributed by atoms with Gasteiger partial charge in [0.15, 0.2) is 5.82 Å². The molecule has 110 valence electrons. The molecule has 1 saturated carbocycles. The zero-order chi connectivity index (χ0) is 14.9. The Balaban J connectivity index is 1.96. The van der Waals surface area contributed by atoms with Crippen molar-refractivity contribution < 1.29 is 12.8 Å². The summed E-state index contributed by atoms with van der Waals surface area (Å²) in [6.45, 7) is 0.200. The molecule has 0 N–H and O–H groups in total. The van der Waals surface area contributed by atoms with Crippen molar-refractivity contribution in [3.8, 4) is 0 Å². The molecular formula is C14H14FN3O2S. The molecule has 2 aromatic rings. The molecule has 2 aromatic heterocycles. The molecule has 1 fully saturated rings. The second-order valence-electron chi connectivity index (χ2n) is 4.93. The highest BCUT2D eigenvalue weighted by Gasteiger charge is 2.39. The third-order valence-corrected chi connectivity index (χ3v) is 5.15. The third-order valence-electron chi connectivity index (χ3n) is 3.32. The summed E-state index contributed by atoms with van der Waals surface area (Å²) < 4.78 is 40.4. The van der Waals surface area contributed by atoms with E-state index in [1.165, 1.54) is 16.6 Å². The molecule has 0 bridgehead atoms. The van der Waals surface area contributed by atoms with Gasteiger partial charge in [-0.05, 0) is 42.7 Å². The Morgan fingerprint density at radius 3 is 2.52 bits per heavy atom. The first-order valence-corrected chi connectivity index (χ1v) is 8.04. The highest BCUT2D eigenvalue weighted by atomic mass is 32.2. The van der Waals surface area contributed by atoms with Crippen molar-refractivity contribution in [3.05, 3.63) is 54.2 Å². The molecule has 7 heteroatoms. The normalized spacial score (nSPS) is 15.3. The Bertz CT molecular complexity index is 733. The predicted octanol–water partition coefficient (Wildman–Crippen LogP) is 1.97.